The second kappa shape index (κ2) is 8.76. The van der Waals surface area contributed by atoms with Crippen molar-refractivity contribution in [2.45, 2.75) is 40.0 Å². The molecular weight excluding hydrogens is 388 g/mol. The number of hydrogen-bond donors (Lipinski definition) is 2. The van der Waals surface area contributed by atoms with E-state index in [0.29, 0.717) is 12.4 Å². The molecule has 0 spiro atoms. The summed E-state index contributed by atoms with van der Waals surface area (Å²) in [6, 6.07) is 16.6. The van der Waals surface area contributed by atoms with Crippen molar-refractivity contribution in [3.8, 4) is 16.9 Å². The van der Waals surface area contributed by atoms with Crippen molar-refractivity contribution in [3.63, 3.8) is 0 Å². The Morgan fingerprint density at radius 2 is 2.03 bits per heavy atom. The van der Waals surface area contributed by atoms with Gasteiger partial charge in [-0.3, -0.25) is 9.59 Å². The highest BCUT2D eigenvalue weighted by Crippen LogP contribution is 2.29. The highest BCUT2D eigenvalue weighted by Gasteiger charge is 2.28. The van der Waals surface area contributed by atoms with Crippen molar-refractivity contribution in [2.24, 2.45) is 5.92 Å². The molecule has 2 N–H and O–H groups in total. The summed E-state index contributed by atoms with van der Waals surface area (Å²) in [4.78, 5) is 24.1. The lowest BCUT2D eigenvalue weighted by atomic mass is 10.0. The second-order valence-electron chi connectivity index (χ2n) is 8.26. The van der Waals surface area contributed by atoms with Gasteiger partial charge in [0, 0.05) is 24.6 Å². The third-order valence-electron chi connectivity index (χ3n) is 5.66. The van der Waals surface area contributed by atoms with Crippen LogP contribution >= 0.6 is 0 Å². The van der Waals surface area contributed by atoms with Crippen LogP contribution in [0.15, 0.2) is 48.5 Å². The third-order valence-corrected chi connectivity index (χ3v) is 5.66. The summed E-state index contributed by atoms with van der Waals surface area (Å²) < 4.78 is 1.90. The SMILES string of the molecule is CCCc1cccc(-c2cc(NC(=O)[C@@H]3CNC(=O)C3)nn2-c2cc(C)ccc2C)c1. The van der Waals surface area contributed by atoms with E-state index in [9.17, 15) is 9.59 Å². The van der Waals surface area contributed by atoms with Crippen molar-refractivity contribution in [3.05, 3.63) is 65.2 Å². The highest BCUT2D eigenvalue weighted by molar-refractivity contribution is 5.97. The largest absolute Gasteiger partial charge is 0.355 e. The number of anilines is 1. The smallest absolute Gasteiger partial charge is 0.230 e. The van der Waals surface area contributed by atoms with Crippen LogP contribution in [-0.4, -0.2) is 28.1 Å². The van der Waals surface area contributed by atoms with E-state index < -0.39 is 0 Å². The van der Waals surface area contributed by atoms with Crippen molar-refractivity contribution in [2.75, 3.05) is 11.9 Å². The lowest BCUT2D eigenvalue weighted by molar-refractivity contribution is -0.123. The molecule has 6 nitrogen and oxygen atoms in total. The zero-order chi connectivity index (χ0) is 22.0. The summed E-state index contributed by atoms with van der Waals surface area (Å²) in [6.07, 6.45) is 2.31. The summed E-state index contributed by atoms with van der Waals surface area (Å²) in [6.45, 7) is 6.65. The van der Waals surface area contributed by atoms with E-state index in [2.05, 4.69) is 73.9 Å². The number of benzene rings is 2. The first-order valence-corrected chi connectivity index (χ1v) is 10.8. The maximum absolute atomic E-state index is 12.7. The Bertz CT molecular complexity index is 1130. The predicted octanol–water partition coefficient (Wildman–Crippen LogP) is 4.18. The van der Waals surface area contributed by atoms with E-state index >= 15 is 0 Å². The fourth-order valence-corrected chi connectivity index (χ4v) is 3.97. The molecule has 2 aromatic carbocycles. The van der Waals surface area contributed by atoms with E-state index in [1.807, 2.05) is 10.7 Å². The number of amides is 2. The first kappa shape index (κ1) is 20.8. The lowest BCUT2D eigenvalue weighted by Gasteiger charge is -2.12. The third kappa shape index (κ3) is 4.53. The van der Waals surface area contributed by atoms with Gasteiger partial charge >= 0.3 is 0 Å². The number of nitrogens with zero attached hydrogens (tertiary/aromatic N) is 2. The van der Waals surface area contributed by atoms with Gasteiger partial charge in [-0.1, -0.05) is 43.7 Å². The molecule has 0 unspecified atom stereocenters. The summed E-state index contributed by atoms with van der Waals surface area (Å²) in [5.74, 6) is -0.152. The van der Waals surface area contributed by atoms with Crippen LogP contribution in [0, 0.1) is 19.8 Å². The van der Waals surface area contributed by atoms with E-state index in [1.165, 1.54) is 5.56 Å². The van der Waals surface area contributed by atoms with Crippen LogP contribution < -0.4 is 10.6 Å². The number of carbonyl (C=O) groups is 2. The quantitative estimate of drug-likeness (QED) is 0.633. The van der Waals surface area contributed by atoms with E-state index in [1.54, 1.807) is 0 Å². The monoisotopic (exact) mass is 416 g/mol. The molecule has 1 aliphatic rings. The van der Waals surface area contributed by atoms with Gasteiger partial charge in [0.1, 0.15) is 0 Å². The molecule has 2 amide bonds. The maximum Gasteiger partial charge on any atom is 0.230 e. The Morgan fingerprint density at radius 3 is 2.77 bits per heavy atom. The average Bonchev–Trinajstić information content (AvgIpc) is 3.37. The molecule has 1 fully saturated rings. The van der Waals surface area contributed by atoms with Gasteiger partial charge in [-0.05, 0) is 49.1 Å². The van der Waals surface area contributed by atoms with Gasteiger partial charge in [-0.25, -0.2) is 4.68 Å². The predicted molar refractivity (Wildman–Crippen MR) is 122 cm³/mol. The molecule has 1 atom stereocenters. The molecule has 1 aliphatic heterocycles. The van der Waals surface area contributed by atoms with Gasteiger partial charge in [0.2, 0.25) is 11.8 Å². The number of carbonyl (C=O) groups excluding carboxylic acids is 2. The maximum atomic E-state index is 12.7. The number of aromatic nitrogens is 2. The van der Waals surface area contributed by atoms with Gasteiger partial charge in [-0.2, -0.15) is 0 Å². The fourth-order valence-electron chi connectivity index (χ4n) is 3.97. The van der Waals surface area contributed by atoms with Gasteiger partial charge in [-0.15, -0.1) is 5.10 Å². The molecule has 2 heterocycles. The Labute approximate surface area is 182 Å². The van der Waals surface area contributed by atoms with E-state index in [0.717, 1.165) is 40.9 Å². The van der Waals surface area contributed by atoms with Crippen molar-refractivity contribution in [1.29, 1.82) is 0 Å². The molecule has 0 saturated carbocycles. The van der Waals surface area contributed by atoms with Crippen LogP contribution in [0.4, 0.5) is 5.82 Å². The fraction of sp³-hybridized carbons (Fsp3) is 0.320. The van der Waals surface area contributed by atoms with Crippen LogP contribution in [0.2, 0.25) is 0 Å². The molecule has 31 heavy (non-hydrogen) atoms. The summed E-state index contributed by atoms with van der Waals surface area (Å²) >= 11 is 0. The number of aryl methyl sites for hydroxylation is 3. The van der Waals surface area contributed by atoms with Crippen molar-refractivity contribution < 1.29 is 9.59 Å². The molecule has 1 saturated heterocycles. The zero-order valence-electron chi connectivity index (χ0n) is 18.2. The Balaban J connectivity index is 1.75. The van der Waals surface area contributed by atoms with E-state index in [-0.39, 0.29) is 24.2 Å². The minimum absolute atomic E-state index is 0.0884. The molecule has 0 bridgehead atoms. The zero-order valence-corrected chi connectivity index (χ0v) is 18.2. The van der Waals surface area contributed by atoms with Gasteiger partial charge in [0.15, 0.2) is 5.82 Å². The Morgan fingerprint density at radius 1 is 1.19 bits per heavy atom. The molecule has 6 heteroatoms. The molecular formula is C25H28N4O2. The van der Waals surface area contributed by atoms with Gasteiger partial charge < -0.3 is 10.6 Å². The summed E-state index contributed by atoms with van der Waals surface area (Å²) in [5.41, 5.74) is 6.47. The molecule has 160 valence electrons. The molecule has 1 aromatic heterocycles. The number of nitrogens with one attached hydrogen (secondary N) is 2. The molecule has 4 rings (SSSR count). The van der Waals surface area contributed by atoms with Crippen LogP contribution in [0.25, 0.3) is 16.9 Å². The molecule has 0 radical (unpaired) electrons. The lowest BCUT2D eigenvalue weighted by Crippen LogP contribution is -2.24. The van der Waals surface area contributed by atoms with Crippen LogP contribution in [-0.2, 0) is 16.0 Å². The summed E-state index contributed by atoms with van der Waals surface area (Å²) in [5, 5.41) is 10.4. The average molecular weight is 417 g/mol. The minimum atomic E-state index is -0.366. The van der Waals surface area contributed by atoms with Crippen LogP contribution in [0.3, 0.4) is 0 Å². The number of hydrogen-bond acceptors (Lipinski definition) is 3. The minimum Gasteiger partial charge on any atom is -0.355 e. The van der Waals surface area contributed by atoms with E-state index in [4.69, 9.17) is 5.10 Å². The topological polar surface area (TPSA) is 76.0 Å². The Hall–Kier alpha value is -3.41. The second-order valence-corrected chi connectivity index (χ2v) is 8.26. The van der Waals surface area contributed by atoms with Crippen LogP contribution in [0.5, 0.6) is 0 Å². The summed E-state index contributed by atoms with van der Waals surface area (Å²) in [7, 11) is 0. The highest BCUT2D eigenvalue weighted by atomic mass is 16.2. The number of rotatable bonds is 6. The van der Waals surface area contributed by atoms with Crippen molar-refractivity contribution >= 4 is 17.6 Å². The Kier molecular flexibility index (Phi) is 5.89. The van der Waals surface area contributed by atoms with Crippen LogP contribution in [0.1, 0.15) is 36.5 Å². The first-order valence-electron chi connectivity index (χ1n) is 10.8. The molecule has 3 aromatic rings. The van der Waals surface area contributed by atoms with Crippen molar-refractivity contribution in [1.82, 2.24) is 15.1 Å². The van der Waals surface area contributed by atoms with Gasteiger partial charge in [0.25, 0.3) is 0 Å². The normalized spacial score (nSPS) is 15.7. The molecule has 0 aliphatic carbocycles. The van der Waals surface area contributed by atoms with Gasteiger partial charge in [0.05, 0.1) is 17.3 Å². The standard InChI is InChI=1S/C25H28N4O2/c1-4-6-18-7-5-8-19(12-18)22-14-23(27-25(31)20-13-24(30)26-15-20)28-29(22)21-11-16(2)9-10-17(21)3/h5,7-12,14,20H,4,6,13,15H2,1-3H3,(H,26,30)(H,27,28,31)/t20-/m0/s1. The first-order chi connectivity index (χ1) is 14.9.